The molecule has 94 valence electrons. The van der Waals surface area contributed by atoms with Gasteiger partial charge in [0.2, 0.25) is 5.78 Å². The molecule has 0 radical (unpaired) electrons. The highest BCUT2D eigenvalue weighted by Crippen LogP contribution is 2.19. The van der Waals surface area contributed by atoms with E-state index in [1.165, 1.54) is 6.26 Å². The van der Waals surface area contributed by atoms with Crippen LogP contribution in [0.25, 0.3) is 0 Å². The molecule has 1 aliphatic rings. The lowest BCUT2D eigenvalue weighted by atomic mass is 9.95. The Labute approximate surface area is 102 Å². The molecule has 1 saturated heterocycles. The lowest BCUT2D eigenvalue weighted by Gasteiger charge is -2.35. The molecule has 1 fully saturated rings. The first-order chi connectivity index (χ1) is 8.20. The van der Waals surface area contributed by atoms with Gasteiger partial charge in [0.15, 0.2) is 5.76 Å². The highest BCUT2D eigenvalue weighted by Gasteiger charge is 2.27. The number of rotatable bonds is 4. The summed E-state index contributed by atoms with van der Waals surface area (Å²) < 4.78 is 10.5. The van der Waals surface area contributed by atoms with Crippen molar-refractivity contribution in [3.8, 4) is 0 Å². The maximum absolute atomic E-state index is 11.9. The van der Waals surface area contributed by atoms with Crippen LogP contribution in [-0.2, 0) is 4.74 Å². The van der Waals surface area contributed by atoms with E-state index >= 15 is 0 Å². The maximum Gasteiger partial charge on any atom is 0.211 e. The zero-order valence-electron chi connectivity index (χ0n) is 10.4. The second-order valence-electron chi connectivity index (χ2n) is 4.68. The minimum absolute atomic E-state index is 0.0411. The molecule has 4 nitrogen and oxygen atoms in total. The Hall–Kier alpha value is -1.13. The Kier molecular flexibility index (Phi) is 3.97. The van der Waals surface area contributed by atoms with Crippen molar-refractivity contribution < 1.29 is 13.9 Å². The van der Waals surface area contributed by atoms with Crippen molar-refractivity contribution in [2.75, 3.05) is 26.7 Å². The van der Waals surface area contributed by atoms with Gasteiger partial charge in [0.05, 0.1) is 18.9 Å². The fourth-order valence-corrected chi connectivity index (χ4v) is 2.27. The van der Waals surface area contributed by atoms with Crippen molar-refractivity contribution in [3.63, 3.8) is 0 Å². The molecule has 0 bridgehead atoms. The molecular weight excluding hydrogens is 218 g/mol. The highest BCUT2D eigenvalue weighted by molar-refractivity contribution is 5.94. The molecule has 0 spiro atoms. The number of carbonyl (C=O) groups is 1. The summed E-state index contributed by atoms with van der Waals surface area (Å²) in [6, 6.07) is 3.45. The van der Waals surface area contributed by atoms with E-state index in [4.69, 9.17) is 9.15 Å². The second kappa shape index (κ2) is 5.47. The van der Waals surface area contributed by atoms with E-state index in [-0.39, 0.29) is 11.9 Å². The van der Waals surface area contributed by atoms with Crippen LogP contribution in [0.3, 0.4) is 0 Å². The van der Waals surface area contributed by atoms with E-state index in [0.717, 1.165) is 19.5 Å². The normalized spacial score (nSPS) is 26.0. The largest absolute Gasteiger partial charge is 0.461 e. The third-order valence-corrected chi connectivity index (χ3v) is 3.44. The van der Waals surface area contributed by atoms with Crippen LogP contribution in [0, 0.1) is 5.92 Å². The second-order valence-corrected chi connectivity index (χ2v) is 4.68. The van der Waals surface area contributed by atoms with Crippen molar-refractivity contribution >= 4 is 5.78 Å². The lowest BCUT2D eigenvalue weighted by molar-refractivity contribution is -0.00346. The number of likely N-dealkylation sites (tertiary alicyclic amines) is 1. The van der Waals surface area contributed by atoms with Crippen LogP contribution < -0.4 is 0 Å². The van der Waals surface area contributed by atoms with Crippen LogP contribution in [0.15, 0.2) is 22.8 Å². The van der Waals surface area contributed by atoms with Gasteiger partial charge < -0.3 is 9.15 Å². The van der Waals surface area contributed by atoms with Crippen molar-refractivity contribution in [1.29, 1.82) is 0 Å². The molecule has 0 N–H and O–H groups in total. The Bertz CT molecular complexity index is 361. The van der Waals surface area contributed by atoms with Gasteiger partial charge in [0.25, 0.3) is 0 Å². The average molecular weight is 237 g/mol. The molecule has 4 heteroatoms. The Morgan fingerprint density at radius 2 is 2.47 bits per heavy atom. The summed E-state index contributed by atoms with van der Waals surface area (Å²) in [5, 5.41) is 0. The number of hydrogen-bond acceptors (Lipinski definition) is 4. The monoisotopic (exact) mass is 237 g/mol. The number of ether oxygens (including phenoxy) is 1. The zero-order valence-corrected chi connectivity index (χ0v) is 10.4. The number of hydrogen-bond donors (Lipinski definition) is 0. The smallest absolute Gasteiger partial charge is 0.211 e. The van der Waals surface area contributed by atoms with E-state index in [2.05, 4.69) is 11.8 Å². The van der Waals surface area contributed by atoms with E-state index in [1.54, 1.807) is 19.2 Å². The predicted octanol–water partition coefficient (Wildman–Crippen LogP) is 1.82. The first-order valence-electron chi connectivity index (χ1n) is 6.02. The number of methoxy groups -OCH3 is 1. The summed E-state index contributed by atoms with van der Waals surface area (Å²) in [6.45, 7) is 4.39. The minimum Gasteiger partial charge on any atom is -0.461 e. The van der Waals surface area contributed by atoms with E-state index in [0.29, 0.717) is 18.2 Å². The molecule has 2 atom stereocenters. The SMILES string of the molecule is COC1CN(CC(=O)c2ccco2)CCC1C. The van der Waals surface area contributed by atoms with Gasteiger partial charge in [0, 0.05) is 13.7 Å². The Balaban J connectivity index is 1.89. The summed E-state index contributed by atoms with van der Waals surface area (Å²) in [6.07, 6.45) is 2.83. The summed E-state index contributed by atoms with van der Waals surface area (Å²) in [7, 11) is 1.74. The molecular formula is C13H19NO3. The number of furan rings is 1. The fraction of sp³-hybridized carbons (Fsp3) is 0.615. The van der Waals surface area contributed by atoms with Crippen molar-refractivity contribution in [1.82, 2.24) is 4.90 Å². The first-order valence-corrected chi connectivity index (χ1v) is 6.02. The van der Waals surface area contributed by atoms with Gasteiger partial charge >= 0.3 is 0 Å². The van der Waals surface area contributed by atoms with E-state index in [1.807, 2.05) is 0 Å². The molecule has 2 unspecified atom stereocenters. The predicted molar refractivity (Wildman–Crippen MR) is 64.1 cm³/mol. The highest BCUT2D eigenvalue weighted by atomic mass is 16.5. The van der Waals surface area contributed by atoms with Gasteiger partial charge in [-0.1, -0.05) is 6.92 Å². The van der Waals surface area contributed by atoms with Gasteiger partial charge in [-0.2, -0.15) is 0 Å². The molecule has 0 aliphatic carbocycles. The first kappa shape index (κ1) is 12.3. The molecule has 2 heterocycles. The van der Waals surface area contributed by atoms with Gasteiger partial charge in [0.1, 0.15) is 0 Å². The van der Waals surface area contributed by atoms with Crippen molar-refractivity contribution in [2.24, 2.45) is 5.92 Å². The lowest BCUT2D eigenvalue weighted by Crippen LogP contribution is -2.45. The summed E-state index contributed by atoms with van der Waals surface area (Å²) >= 11 is 0. The molecule has 1 aromatic rings. The summed E-state index contributed by atoms with van der Waals surface area (Å²) in [4.78, 5) is 14.0. The number of piperidine rings is 1. The molecule has 17 heavy (non-hydrogen) atoms. The molecule has 2 rings (SSSR count). The van der Waals surface area contributed by atoms with Crippen LogP contribution in [0.1, 0.15) is 23.9 Å². The Morgan fingerprint density at radius 1 is 1.65 bits per heavy atom. The quantitative estimate of drug-likeness (QED) is 0.749. The van der Waals surface area contributed by atoms with Crippen LogP contribution in [0.4, 0.5) is 0 Å². The Morgan fingerprint density at radius 3 is 3.12 bits per heavy atom. The average Bonchev–Trinajstić information content (AvgIpc) is 2.85. The van der Waals surface area contributed by atoms with Crippen molar-refractivity contribution in [3.05, 3.63) is 24.2 Å². The summed E-state index contributed by atoms with van der Waals surface area (Å²) in [5.41, 5.74) is 0. The van der Waals surface area contributed by atoms with E-state index < -0.39 is 0 Å². The van der Waals surface area contributed by atoms with Crippen LogP contribution in [0.5, 0.6) is 0 Å². The maximum atomic E-state index is 11.9. The minimum atomic E-state index is 0.0411. The number of carbonyl (C=O) groups excluding carboxylic acids is 1. The number of nitrogens with zero attached hydrogens (tertiary/aromatic N) is 1. The molecule has 0 aromatic carbocycles. The van der Waals surface area contributed by atoms with Gasteiger partial charge in [-0.15, -0.1) is 0 Å². The zero-order chi connectivity index (χ0) is 12.3. The van der Waals surface area contributed by atoms with Gasteiger partial charge in [-0.3, -0.25) is 9.69 Å². The number of ketones is 1. The third-order valence-electron chi connectivity index (χ3n) is 3.44. The molecule has 1 aromatic heterocycles. The molecule has 0 amide bonds. The van der Waals surface area contributed by atoms with Gasteiger partial charge in [-0.05, 0) is 31.0 Å². The molecule has 0 saturated carbocycles. The van der Waals surface area contributed by atoms with Crippen LogP contribution in [-0.4, -0.2) is 43.5 Å². The van der Waals surface area contributed by atoms with Crippen LogP contribution >= 0.6 is 0 Å². The van der Waals surface area contributed by atoms with Crippen molar-refractivity contribution in [2.45, 2.75) is 19.4 Å². The van der Waals surface area contributed by atoms with Gasteiger partial charge in [-0.25, -0.2) is 0 Å². The molecule has 1 aliphatic heterocycles. The fourth-order valence-electron chi connectivity index (χ4n) is 2.27. The van der Waals surface area contributed by atoms with E-state index in [9.17, 15) is 4.79 Å². The van der Waals surface area contributed by atoms with Crippen LogP contribution in [0.2, 0.25) is 0 Å². The standard InChI is InChI=1S/C13H19NO3/c1-10-5-6-14(9-13(10)16-2)8-11(15)12-4-3-7-17-12/h3-4,7,10,13H,5-6,8-9H2,1-2H3. The third kappa shape index (κ3) is 2.96. The summed E-state index contributed by atoms with van der Waals surface area (Å²) in [5.74, 6) is 1.05. The topological polar surface area (TPSA) is 42.7 Å². The number of Topliss-reactive ketones (excluding diaryl/α,β-unsaturated/α-hetero) is 1.